The third-order valence-corrected chi connectivity index (χ3v) is 3.99. The fraction of sp³-hybridized carbons (Fsp3) is 0.571. The maximum absolute atomic E-state index is 3.56. The molecule has 0 bridgehead atoms. The van der Waals surface area contributed by atoms with Gasteiger partial charge < -0.3 is 10.2 Å². The van der Waals surface area contributed by atoms with E-state index in [-0.39, 0.29) is 0 Å². The molecule has 0 fully saturated rings. The van der Waals surface area contributed by atoms with Crippen LogP contribution in [0.5, 0.6) is 0 Å². The van der Waals surface area contributed by atoms with Gasteiger partial charge in [-0.15, -0.1) is 0 Å². The second kappa shape index (κ2) is 6.92. The Morgan fingerprint density at radius 1 is 1.18 bits per heavy atom. The standard InChI is InChI=1S/C14H24N2S/c1-11(17-5)10-15-12(2)13-6-8-14(9-7-13)16(3)4/h6-9,11-12,15H,10H2,1-5H3. The van der Waals surface area contributed by atoms with Crippen molar-refractivity contribution in [1.82, 2.24) is 5.32 Å². The monoisotopic (exact) mass is 252 g/mol. The second-order valence-corrected chi connectivity index (χ2v) is 5.94. The number of hydrogen-bond donors (Lipinski definition) is 1. The van der Waals surface area contributed by atoms with Crippen molar-refractivity contribution in [3.05, 3.63) is 29.8 Å². The molecule has 0 saturated carbocycles. The maximum atomic E-state index is 3.56. The first-order chi connectivity index (χ1) is 8.04. The highest BCUT2D eigenvalue weighted by molar-refractivity contribution is 7.99. The Morgan fingerprint density at radius 2 is 1.76 bits per heavy atom. The second-order valence-electron chi connectivity index (χ2n) is 4.66. The van der Waals surface area contributed by atoms with E-state index in [0.717, 1.165) is 6.54 Å². The van der Waals surface area contributed by atoms with Crippen molar-refractivity contribution in [3.63, 3.8) is 0 Å². The summed E-state index contributed by atoms with van der Waals surface area (Å²) in [5.74, 6) is 0. The molecule has 2 unspecified atom stereocenters. The zero-order chi connectivity index (χ0) is 12.8. The lowest BCUT2D eigenvalue weighted by molar-refractivity contribution is 0.576. The van der Waals surface area contributed by atoms with E-state index in [1.807, 2.05) is 11.8 Å². The highest BCUT2D eigenvalue weighted by atomic mass is 32.2. The van der Waals surface area contributed by atoms with E-state index in [4.69, 9.17) is 0 Å². The van der Waals surface area contributed by atoms with Crippen LogP contribution in [0, 0.1) is 0 Å². The van der Waals surface area contributed by atoms with Gasteiger partial charge in [0.15, 0.2) is 0 Å². The van der Waals surface area contributed by atoms with Gasteiger partial charge in [0.05, 0.1) is 0 Å². The number of thioether (sulfide) groups is 1. The third-order valence-electron chi connectivity index (χ3n) is 3.02. The first-order valence-corrected chi connectivity index (χ1v) is 7.37. The molecule has 0 saturated heterocycles. The van der Waals surface area contributed by atoms with Gasteiger partial charge >= 0.3 is 0 Å². The lowest BCUT2D eigenvalue weighted by Crippen LogP contribution is -2.25. The van der Waals surface area contributed by atoms with Gasteiger partial charge in [-0.05, 0) is 30.9 Å². The third kappa shape index (κ3) is 4.60. The molecule has 0 aliphatic heterocycles. The zero-order valence-electron chi connectivity index (χ0n) is 11.5. The Morgan fingerprint density at radius 3 is 2.24 bits per heavy atom. The number of nitrogens with zero attached hydrogens (tertiary/aromatic N) is 1. The summed E-state index contributed by atoms with van der Waals surface area (Å²) in [5, 5.41) is 4.23. The van der Waals surface area contributed by atoms with Gasteiger partial charge in [-0.3, -0.25) is 0 Å². The van der Waals surface area contributed by atoms with Crippen LogP contribution in [-0.4, -0.2) is 32.1 Å². The van der Waals surface area contributed by atoms with Gasteiger partial charge in [0, 0.05) is 37.6 Å². The van der Waals surface area contributed by atoms with E-state index >= 15 is 0 Å². The molecule has 0 aliphatic carbocycles. The average Bonchev–Trinajstić information content (AvgIpc) is 2.35. The van der Waals surface area contributed by atoms with E-state index in [1.165, 1.54) is 11.3 Å². The first kappa shape index (κ1) is 14.4. The summed E-state index contributed by atoms with van der Waals surface area (Å²) in [6.45, 7) is 5.52. The van der Waals surface area contributed by atoms with Gasteiger partial charge in [0.1, 0.15) is 0 Å². The van der Waals surface area contributed by atoms with E-state index in [2.05, 4.69) is 68.7 Å². The molecule has 0 heterocycles. The number of rotatable bonds is 6. The molecule has 96 valence electrons. The molecule has 0 amide bonds. The van der Waals surface area contributed by atoms with Crippen LogP contribution in [0.4, 0.5) is 5.69 Å². The maximum Gasteiger partial charge on any atom is 0.0361 e. The first-order valence-electron chi connectivity index (χ1n) is 6.08. The minimum absolute atomic E-state index is 0.417. The van der Waals surface area contributed by atoms with Crippen molar-refractivity contribution in [2.24, 2.45) is 0 Å². The van der Waals surface area contributed by atoms with Crippen LogP contribution in [-0.2, 0) is 0 Å². The summed E-state index contributed by atoms with van der Waals surface area (Å²) >= 11 is 1.90. The van der Waals surface area contributed by atoms with Crippen molar-refractivity contribution in [3.8, 4) is 0 Å². The molecule has 1 rings (SSSR count). The Hall–Kier alpha value is -0.670. The van der Waals surface area contributed by atoms with Gasteiger partial charge in [-0.1, -0.05) is 19.1 Å². The molecule has 1 aromatic rings. The van der Waals surface area contributed by atoms with E-state index < -0.39 is 0 Å². The Balaban J connectivity index is 2.54. The number of benzene rings is 1. The zero-order valence-corrected chi connectivity index (χ0v) is 12.3. The molecule has 0 radical (unpaired) electrons. The summed E-state index contributed by atoms with van der Waals surface area (Å²) in [7, 11) is 4.13. The average molecular weight is 252 g/mol. The van der Waals surface area contributed by atoms with Crippen molar-refractivity contribution < 1.29 is 0 Å². The molecule has 0 spiro atoms. The SMILES string of the molecule is CSC(C)CNC(C)c1ccc(N(C)C)cc1. The van der Waals surface area contributed by atoms with Crippen LogP contribution in [0.3, 0.4) is 0 Å². The van der Waals surface area contributed by atoms with Gasteiger partial charge in [-0.25, -0.2) is 0 Å². The van der Waals surface area contributed by atoms with Crippen LogP contribution in [0.1, 0.15) is 25.5 Å². The van der Waals surface area contributed by atoms with Crippen LogP contribution >= 0.6 is 11.8 Å². The summed E-state index contributed by atoms with van der Waals surface area (Å²) < 4.78 is 0. The van der Waals surface area contributed by atoms with Gasteiger partial charge in [0.2, 0.25) is 0 Å². The van der Waals surface area contributed by atoms with Crippen molar-refractivity contribution in [2.45, 2.75) is 25.1 Å². The fourth-order valence-electron chi connectivity index (χ4n) is 1.61. The molecule has 0 aliphatic rings. The van der Waals surface area contributed by atoms with Crippen LogP contribution in [0.15, 0.2) is 24.3 Å². The highest BCUT2D eigenvalue weighted by Gasteiger charge is 2.07. The summed E-state index contributed by atoms with van der Waals surface area (Å²) in [5.41, 5.74) is 2.60. The molecule has 2 atom stereocenters. The molecule has 0 aromatic heterocycles. The lowest BCUT2D eigenvalue weighted by Gasteiger charge is -2.18. The largest absolute Gasteiger partial charge is 0.378 e. The van der Waals surface area contributed by atoms with Gasteiger partial charge in [0.25, 0.3) is 0 Å². The molecule has 2 nitrogen and oxygen atoms in total. The van der Waals surface area contributed by atoms with Crippen LogP contribution in [0.2, 0.25) is 0 Å². The Labute approximate surface area is 110 Å². The summed E-state index contributed by atoms with van der Waals surface area (Å²) in [6.07, 6.45) is 2.16. The topological polar surface area (TPSA) is 15.3 Å². The number of anilines is 1. The highest BCUT2D eigenvalue weighted by Crippen LogP contribution is 2.18. The quantitative estimate of drug-likeness (QED) is 0.837. The van der Waals surface area contributed by atoms with Crippen molar-refractivity contribution in [1.29, 1.82) is 0 Å². The van der Waals surface area contributed by atoms with Crippen molar-refractivity contribution in [2.75, 3.05) is 31.8 Å². The van der Waals surface area contributed by atoms with E-state index in [1.54, 1.807) is 0 Å². The fourth-order valence-corrected chi connectivity index (χ4v) is 1.87. The summed E-state index contributed by atoms with van der Waals surface area (Å²) in [4.78, 5) is 2.12. The van der Waals surface area contributed by atoms with E-state index in [0.29, 0.717) is 11.3 Å². The molecule has 3 heteroatoms. The van der Waals surface area contributed by atoms with E-state index in [9.17, 15) is 0 Å². The van der Waals surface area contributed by atoms with Crippen LogP contribution in [0.25, 0.3) is 0 Å². The van der Waals surface area contributed by atoms with Crippen molar-refractivity contribution >= 4 is 17.4 Å². The van der Waals surface area contributed by atoms with Crippen LogP contribution < -0.4 is 10.2 Å². The Kier molecular flexibility index (Phi) is 5.86. The Bertz CT molecular complexity index is 321. The molecular weight excluding hydrogens is 228 g/mol. The minimum atomic E-state index is 0.417. The molecular formula is C14H24N2S. The predicted molar refractivity (Wildman–Crippen MR) is 80.2 cm³/mol. The predicted octanol–water partition coefficient (Wildman–Crippen LogP) is 3.15. The molecule has 17 heavy (non-hydrogen) atoms. The smallest absolute Gasteiger partial charge is 0.0361 e. The summed E-state index contributed by atoms with van der Waals surface area (Å²) in [6, 6.07) is 9.17. The number of hydrogen-bond acceptors (Lipinski definition) is 3. The minimum Gasteiger partial charge on any atom is -0.378 e. The van der Waals surface area contributed by atoms with Gasteiger partial charge in [-0.2, -0.15) is 11.8 Å². The number of nitrogens with one attached hydrogen (secondary N) is 1. The normalized spacial score (nSPS) is 14.4. The molecule has 1 N–H and O–H groups in total. The lowest BCUT2D eigenvalue weighted by atomic mass is 10.1. The molecule has 1 aromatic carbocycles.